The molecule has 0 heterocycles. The molecule has 0 fully saturated rings. The van der Waals surface area contributed by atoms with E-state index in [1.165, 1.54) is 0 Å². The first-order valence-electron chi connectivity index (χ1n) is 13.9. The molecule has 0 aliphatic carbocycles. The zero-order chi connectivity index (χ0) is 29.1. The quantitative estimate of drug-likeness (QED) is 0.253. The molecule has 3 aromatic carbocycles. The Hall–Kier alpha value is -3.51. The van der Waals surface area contributed by atoms with Gasteiger partial charge in [0.05, 0.1) is 13.2 Å². The van der Waals surface area contributed by atoms with Crippen LogP contribution in [0.4, 0.5) is 0 Å². The number of carbonyl (C=O) groups is 2. The van der Waals surface area contributed by atoms with Gasteiger partial charge in [-0.3, -0.25) is 9.59 Å². The third-order valence-corrected chi connectivity index (χ3v) is 6.48. The highest BCUT2D eigenvalue weighted by Gasteiger charge is 2.32. The minimum atomic E-state index is -0.701. The lowest BCUT2D eigenvalue weighted by molar-refractivity contribution is -0.141. The second-order valence-electron chi connectivity index (χ2n) is 10.7. The first kappa shape index (κ1) is 31.0. The fraction of sp³-hybridized carbons (Fsp3) is 0.394. The number of benzene rings is 3. The van der Waals surface area contributed by atoms with Gasteiger partial charge in [0.1, 0.15) is 6.04 Å². The number of hydrogen-bond acceptors (Lipinski definition) is 4. The minimum absolute atomic E-state index is 0.114. The second-order valence-corrected chi connectivity index (χ2v) is 11.2. The van der Waals surface area contributed by atoms with Crippen LogP contribution in [0.1, 0.15) is 57.7 Å². The van der Waals surface area contributed by atoms with Crippen molar-refractivity contribution in [2.75, 3.05) is 13.2 Å². The smallest absolute Gasteiger partial charge is 0.243 e. The molecule has 7 heteroatoms. The van der Waals surface area contributed by atoms with Gasteiger partial charge in [-0.25, -0.2) is 0 Å². The number of ether oxygens (including phenoxy) is 2. The van der Waals surface area contributed by atoms with Crippen LogP contribution in [0.3, 0.4) is 0 Å². The van der Waals surface area contributed by atoms with Crippen LogP contribution in [0, 0.1) is 0 Å². The molecule has 1 atom stereocenters. The summed E-state index contributed by atoms with van der Waals surface area (Å²) >= 11 is 6.28. The molecule has 0 saturated heterocycles. The first-order chi connectivity index (χ1) is 19.1. The largest absolute Gasteiger partial charge is 0.490 e. The molecule has 1 N–H and O–H groups in total. The van der Waals surface area contributed by atoms with Crippen LogP contribution >= 0.6 is 11.6 Å². The summed E-state index contributed by atoms with van der Waals surface area (Å²) in [4.78, 5) is 29.3. The Bertz CT molecular complexity index is 1260. The van der Waals surface area contributed by atoms with Gasteiger partial charge in [0.25, 0.3) is 0 Å². The highest BCUT2D eigenvalue weighted by atomic mass is 35.5. The molecule has 3 rings (SSSR count). The lowest BCUT2D eigenvalue weighted by atomic mass is 9.99. The molecule has 3 aromatic rings. The number of hydrogen-bond donors (Lipinski definition) is 1. The molecule has 0 aliphatic rings. The van der Waals surface area contributed by atoms with Crippen LogP contribution < -0.4 is 14.8 Å². The molecule has 0 unspecified atom stereocenters. The fourth-order valence-corrected chi connectivity index (χ4v) is 4.70. The van der Waals surface area contributed by atoms with Gasteiger partial charge in [-0.1, -0.05) is 60.1 Å². The van der Waals surface area contributed by atoms with Crippen LogP contribution in [0.25, 0.3) is 0 Å². The van der Waals surface area contributed by atoms with Crippen molar-refractivity contribution in [1.29, 1.82) is 0 Å². The summed E-state index contributed by atoms with van der Waals surface area (Å²) in [6, 6.07) is 22.3. The van der Waals surface area contributed by atoms with E-state index in [4.69, 9.17) is 21.1 Å². The SMILES string of the molecule is CCOc1ccc(CCC(=O)N(Cc2cccc(Cl)c2)[C@@H](Cc2ccccc2)C(=O)NC(C)(C)C)cc1OCC. The number of aryl methyl sites for hydroxylation is 1. The molecule has 0 aromatic heterocycles. The minimum Gasteiger partial charge on any atom is -0.490 e. The van der Waals surface area contributed by atoms with E-state index >= 15 is 0 Å². The zero-order valence-corrected chi connectivity index (χ0v) is 25.0. The molecule has 0 radical (unpaired) electrons. The summed E-state index contributed by atoms with van der Waals surface area (Å²) in [5.74, 6) is 1.05. The summed E-state index contributed by atoms with van der Waals surface area (Å²) in [5, 5.41) is 3.68. The van der Waals surface area contributed by atoms with Crippen molar-refractivity contribution in [2.24, 2.45) is 0 Å². The van der Waals surface area contributed by atoms with Gasteiger partial charge in [-0.05, 0) is 82.0 Å². The molecular weight excluding hydrogens is 524 g/mol. The van der Waals surface area contributed by atoms with Crippen molar-refractivity contribution < 1.29 is 19.1 Å². The normalized spacial score (nSPS) is 11.9. The molecule has 0 saturated carbocycles. The molecule has 0 bridgehead atoms. The van der Waals surface area contributed by atoms with Crippen molar-refractivity contribution >= 4 is 23.4 Å². The Balaban J connectivity index is 1.92. The maximum atomic E-state index is 13.9. The van der Waals surface area contributed by atoms with E-state index in [0.29, 0.717) is 42.6 Å². The van der Waals surface area contributed by atoms with Crippen molar-refractivity contribution in [3.63, 3.8) is 0 Å². The summed E-state index contributed by atoms with van der Waals surface area (Å²) in [7, 11) is 0. The van der Waals surface area contributed by atoms with Crippen molar-refractivity contribution in [1.82, 2.24) is 10.2 Å². The predicted molar refractivity (Wildman–Crippen MR) is 161 cm³/mol. The average molecular weight is 565 g/mol. The van der Waals surface area contributed by atoms with Crippen molar-refractivity contribution in [3.05, 3.63) is 94.5 Å². The van der Waals surface area contributed by atoms with Crippen molar-refractivity contribution in [2.45, 2.75) is 72.0 Å². The van der Waals surface area contributed by atoms with E-state index in [0.717, 1.165) is 16.7 Å². The number of halogens is 1. The summed E-state index contributed by atoms with van der Waals surface area (Å²) in [5.41, 5.74) is 2.35. The highest BCUT2D eigenvalue weighted by molar-refractivity contribution is 6.30. The van der Waals surface area contributed by atoms with Gasteiger partial charge < -0.3 is 19.7 Å². The van der Waals surface area contributed by atoms with E-state index in [2.05, 4.69) is 5.32 Å². The first-order valence-corrected chi connectivity index (χ1v) is 14.3. The Morgan fingerprint density at radius 3 is 2.17 bits per heavy atom. The third kappa shape index (κ3) is 9.60. The topological polar surface area (TPSA) is 67.9 Å². The molecule has 40 heavy (non-hydrogen) atoms. The Morgan fingerprint density at radius 2 is 1.52 bits per heavy atom. The van der Waals surface area contributed by atoms with Gasteiger partial charge in [-0.2, -0.15) is 0 Å². The summed E-state index contributed by atoms with van der Waals surface area (Å²) < 4.78 is 11.5. The van der Waals surface area contributed by atoms with E-state index in [9.17, 15) is 9.59 Å². The van der Waals surface area contributed by atoms with E-state index in [1.807, 2.05) is 101 Å². The van der Waals surface area contributed by atoms with E-state index < -0.39 is 11.6 Å². The van der Waals surface area contributed by atoms with Gasteiger partial charge in [0.2, 0.25) is 11.8 Å². The van der Waals surface area contributed by atoms with Crippen LogP contribution in [0.2, 0.25) is 5.02 Å². The molecule has 2 amide bonds. The Morgan fingerprint density at radius 1 is 0.850 bits per heavy atom. The lowest BCUT2D eigenvalue weighted by Crippen LogP contribution is -2.54. The maximum Gasteiger partial charge on any atom is 0.243 e. The van der Waals surface area contributed by atoms with Crippen LogP contribution in [0.15, 0.2) is 72.8 Å². The molecule has 0 aliphatic heterocycles. The number of rotatable bonds is 13. The van der Waals surface area contributed by atoms with Gasteiger partial charge in [0, 0.05) is 29.9 Å². The lowest BCUT2D eigenvalue weighted by Gasteiger charge is -2.34. The maximum absolute atomic E-state index is 13.9. The Labute approximate surface area is 243 Å². The summed E-state index contributed by atoms with van der Waals surface area (Å²) in [6.07, 6.45) is 1.12. The number of amides is 2. The predicted octanol–water partition coefficient (Wildman–Crippen LogP) is 6.62. The van der Waals surface area contributed by atoms with Crippen LogP contribution in [-0.4, -0.2) is 41.5 Å². The summed E-state index contributed by atoms with van der Waals surface area (Å²) in [6.45, 7) is 11.0. The second kappa shape index (κ2) is 14.8. The van der Waals surface area contributed by atoms with E-state index in [-0.39, 0.29) is 24.8 Å². The van der Waals surface area contributed by atoms with Gasteiger partial charge >= 0.3 is 0 Å². The monoisotopic (exact) mass is 564 g/mol. The molecule has 214 valence electrons. The number of carbonyl (C=O) groups excluding carboxylic acids is 2. The fourth-order valence-electron chi connectivity index (χ4n) is 4.48. The third-order valence-electron chi connectivity index (χ3n) is 6.25. The number of nitrogens with zero attached hydrogens (tertiary/aromatic N) is 1. The highest BCUT2D eigenvalue weighted by Crippen LogP contribution is 2.29. The van der Waals surface area contributed by atoms with Gasteiger partial charge in [-0.15, -0.1) is 0 Å². The standard InChI is InChI=1S/C33H41ClN2O4/c1-6-39-29-18-16-25(22-30(29)40-7-2)17-19-31(37)36(23-26-14-11-15-27(34)20-26)28(32(38)35-33(3,4)5)21-24-12-9-8-10-13-24/h8-16,18,20,22,28H,6-7,17,19,21,23H2,1-5H3,(H,35,38)/t28-/m0/s1. The van der Waals surface area contributed by atoms with Crippen LogP contribution in [-0.2, 0) is 29.0 Å². The van der Waals surface area contributed by atoms with Gasteiger partial charge in [0.15, 0.2) is 11.5 Å². The molecule has 6 nitrogen and oxygen atoms in total. The number of nitrogens with one attached hydrogen (secondary N) is 1. The molecule has 0 spiro atoms. The van der Waals surface area contributed by atoms with Crippen LogP contribution in [0.5, 0.6) is 11.5 Å². The van der Waals surface area contributed by atoms with Crippen molar-refractivity contribution in [3.8, 4) is 11.5 Å². The zero-order valence-electron chi connectivity index (χ0n) is 24.2. The Kier molecular flexibility index (Phi) is 11.4. The average Bonchev–Trinajstić information content (AvgIpc) is 2.90. The molecular formula is C33H41ClN2O4. The van der Waals surface area contributed by atoms with E-state index in [1.54, 1.807) is 11.0 Å².